The first-order valence-corrected chi connectivity index (χ1v) is 7.93. The first-order valence-electron chi connectivity index (χ1n) is 6.32. The number of rotatable bonds is 2. The van der Waals surface area contributed by atoms with Crippen LogP contribution in [0.25, 0.3) is 0 Å². The summed E-state index contributed by atoms with van der Waals surface area (Å²) in [5, 5.41) is 3.68. The van der Waals surface area contributed by atoms with Crippen molar-refractivity contribution in [2.75, 3.05) is 11.6 Å². The van der Waals surface area contributed by atoms with Gasteiger partial charge in [0.05, 0.1) is 5.56 Å². The number of hydrogen-bond donors (Lipinski definition) is 2. The summed E-state index contributed by atoms with van der Waals surface area (Å²) in [6.45, 7) is 0. The van der Waals surface area contributed by atoms with E-state index >= 15 is 0 Å². The van der Waals surface area contributed by atoms with Crippen LogP contribution in [0.3, 0.4) is 0 Å². The van der Waals surface area contributed by atoms with Crippen molar-refractivity contribution in [3.05, 3.63) is 50.8 Å². The molecule has 0 fully saturated rings. The minimum Gasteiger partial charge on any atom is -0.310 e. The molecule has 0 bridgehead atoms. The highest BCUT2D eigenvalue weighted by molar-refractivity contribution is 7.98. The van der Waals surface area contributed by atoms with Crippen LogP contribution < -0.4 is 10.9 Å². The number of aromatic amines is 1. The molecule has 0 saturated carbocycles. The van der Waals surface area contributed by atoms with Crippen molar-refractivity contribution in [1.29, 1.82) is 0 Å². The van der Waals surface area contributed by atoms with E-state index in [9.17, 15) is 9.59 Å². The minimum atomic E-state index is -0.380. The molecule has 0 unspecified atom stereocenters. The van der Waals surface area contributed by atoms with Crippen molar-refractivity contribution >= 4 is 35.1 Å². The second kappa shape index (κ2) is 5.54. The van der Waals surface area contributed by atoms with Gasteiger partial charge in [0.15, 0.2) is 5.16 Å². The Kier molecular flexibility index (Phi) is 3.73. The Bertz CT molecular complexity index is 775. The summed E-state index contributed by atoms with van der Waals surface area (Å²) in [6, 6.07) is 7.23. The number of hydrogen-bond acceptors (Lipinski definition) is 4. The average molecular weight is 322 g/mol. The molecule has 0 radical (unpaired) electrons. The van der Waals surface area contributed by atoms with Crippen molar-refractivity contribution in [2.45, 2.75) is 17.5 Å². The first kappa shape index (κ1) is 14.2. The van der Waals surface area contributed by atoms with E-state index in [1.54, 1.807) is 12.3 Å². The average Bonchev–Trinajstić information content (AvgIpc) is 2.46. The molecular formula is C14H12ClN3O2S. The van der Waals surface area contributed by atoms with Crippen molar-refractivity contribution < 1.29 is 4.79 Å². The number of anilines is 1. The lowest BCUT2D eigenvalue weighted by molar-refractivity contribution is -0.116. The maximum Gasteiger partial charge on any atom is 0.257 e. The molecule has 1 aromatic carbocycles. The van der Waals surface area contributed by atoms with Crippen molar-refractivity contribution in [3.63, 3.8) is 0 Å². The van der Waals surface area contributed by atoms with E-state index < -0.39 is 0 Å². The molecule has 108 valence electrons. The Balaban J connectivity index is 2.21. The minimum absolute atomic E-state index is 0.169. The van der Waals surface area contributed by atoms with E-state index in [1.165, 1.54) is 11.8 Å². The van der Waals surface area contributed by atoms with Crippen LogP contribution >= 0.6 is 23.4 Å². The van der Waals surface area contributed by atoms with Crippen LogP contribution in [0, 0.1) is 0 Å². The van der Waals surface area contributed by atoms with Crippen LogP contribution in [-0.2, 0) is 4.79 Å². The number of carbonyl (C=O) groups is 1. The SMILES string of the molecule is CSc1nc2c(c(=O)[nH]1)[C@H](c1ccccc1Cl)CC(=O)N2. The Morgan fingerprint density at radius 1 is 1.33 bits per heavy atom. The van der Waals surface area contributed by atoms with Gasteiger partial charge in [-0.3, -0.25) is 9.59 Å². The lowest BCUT2D eigenvalue weighted by atomic mass is 9.87. The zero-order valence-electron chi connectivity index (χ0n) is 11.1. The largest absolute Gasteiger partial charge is 0.310 e. The molecule has 0 saturated heterocycles. The standard InChI is InChI=1S/C14H12ClN3O2S/c1-21-14-17-12-11(13(20)18-14)8(6-10(19)16-12)7-4-2-3-5-9(7)15/h2-5,8H,6H2,1H3,(H2,16,17,18,19,20)/t8-/m0/s1. The predicted octanol–water partition coefficient (Wildman–Crippen LogP) is 2.62. The number of nitrogens with zero attached hydrogens (tertiary/aromatic N) is 1. The van der Waals surface area contributed by atoms with Gasteiger partial charge in [0.2, 0.25) is 5.91 Å². The fourth-order valence-corrected chi connectivity index (χ4v) is 3.12. The third-order valence-electron chi connectivity index (χ3n) is 3.40. The first-order chi connectivity index (χ1) is 10.1. The summed E-state index contributed by atoms with van der Waals surface area (Å²) in [5.41, 5.74) is 0.981. The van der Waals surface area contributed by atoms with Gasteiger partial charge in [0.1, 0.15) is 5.82 Å². The molecule has 1 amide bonds. The van der Waals surface area contributed by atoms with Crippen molar-refractivity contribution in [1.82, 2.24) is 9.97 Å². The van der Waals surface area contributed by atoms with E-state index in [1.807, 2.05) is 18.2 Å². The Morgan fingerprint density at radius 3 is 2.81 bits per heavy atom. The van der Waals surface area contributed by atoms with Crippen LogP contribution in [0.5, 0.6) is 0 Å². The number of thioether (sulfide) groups is 1. The molecule has 5 nitrogen and oxygen atoms in total. The predicted molar refractivity (Wildman–Crippen MR) is 83.2 cm³/mol. The zero-order chi connectivity index (χ0) is 15.0. The van der Waals surface area contributed by atoms with Crippen LogP contribution in [0.4, 0.5) is 5.82 Å². The quantitative estimate of drug-likeness (QED) is 0.658. The molecule has 21 heavy (non-hydrogen) atoms. The second-order valence-electron chi connectivity index (χ2n) is 4.66. The Hall–Kier alpha value is -1.79. The van der Waals surface area contributed by atoms with Gasteiger partial charge >= 0.3 is 0 Å². The molecule has 1 aromatic heterocycles. The summed E-state index contributed by atoms with van der Waals surface area (Å²) in [4.78, 5) is 31.3. The van der Waals surface area contributed by atoms with E-state index in [2.05, 4.69) is 15.3 Å². The number of carbonyl (C=O) groups excluding carboxylic acids is 1. The highest BCUT2D eigenvalue weighted by Gasteiger charge is 2.31. The van der Waals surface area contributed by atoms with Crippen LogP contribution in [-0.4, -0.2) is 22.1 Å². The molecule has 1 aliphatic rings. The smallest absolute Gasteiger partial charge is 0.257 e. The van der Waals surface area contributed by atoms with Crippen molar-refractivity contribution in [2.24, 2.45) is 0 Å². The summed E-state index contributed by atoms with van der Waals surface area (Å²) in [6.07, 6.45) is 1.99. The lowest BCUT2D eigenvalue weighted by Crippen LogP contribution is -2.31. The number of fused-ring (bicyclic) bond motifs is 1. The Labute approximate surface area is 130 Å². The van der Waals surface area contributed by atoms with Gasteiger partial charge in [0, 0.05) is 17.4 Å². The lowest BCUT2D eigenvalue weighted by Gasteiger charge is -2.25. The van der Waals surface area contributed by atoms with Crippen molar-refractivity contribution in [3.8, 4) is 0 Å². The van der Waals surface area contributed by atoms with Crippen LogP contribution in [0.15, 0.2) is 34.2 Å². The monoisotopic (exact) mass is 321 g/mol. The van der Waals surface area contributed by atoms with E-state index in [4.69, 9.17) is 11.6 Å². The molecular weight excluding hydrogens is 310 g/mol. The summed E-state index contributed by atoms with van der Waals surface area (Å²) in [7, 11) is 0. The van der Waals surface area contributed by atoms with E-state index in [0.717, 1.165) is 5.56 Å². The third kappa shape index (κ3) is 2.56. The number of nitrogens with one attached hydrogen (secondary N) is 2. The fraction of sp³-hybridized carbons (Fsp3) is 0.214. The van der Waals surface area contributed by atoms with Crippen LogP contribution in [0.1, 0.15) is 23.5 Å². The molecule has 0 aliphatic carbocycles. The fourth-order valence-electron chi connectivity index (χ4n) is 2.47. The van der Waals surface area contributed by atoms with Gasteiger partial charge in [-0.15, -0.1) is 0 Å². The summed E-state index contributed by atoms with van der Waals surface area (Å²) < 4.78 is 0. The number of halogens is 1. The highest BCUT2D eigenvalue weighted by Crippen LogP contribution is 2.37. The molecule has 3 rings (SSSR count). The molecule has 2 N–H and O–H groups in total. The summed E-state index contributed by atoms with van der Waals surface area (Å²) in [5.74, 6) is -0.226. The van der Waals surface area contributed by atoms with Gasteiger partial charge in [0.25, 0.3) is 5.56 Å². The topological polar surface area (TPSA) is 74.8 Å². The van der Waals surface area contributed by atoms with Gasteiger partial charge in [-0.05, 0) is 17.9 Å². The molecule has 1 atom stereocenters. The Morgan fingerprint density at radius 2 is 2.10 bits per heavy atom. The zero-order valence-corrected chi connectivity index (χ0v) is 12.7. The van der Waals surface area contributed by atoms with Crippen LogP contribution in [0.2, 0.25) is 5.02 Å². The second-order valence-corrected chi connectivity index (χ2v) is 5.87. The number of aromatic nitrogens is 2. The van der Waals surface area contributed by atoms with Gasteiger partial charge in [-0.25, -0.2) is 4.98 Å². The number of amides is 1. The van der Waals surface area contributed by atoms with Gasteiger partial charge in [-0.1, -0.05) is 41.6 Å². The van der Waals surface area contributed by atoms with Gasteiger partial charge in [-0.2, -0.15) is 0 Å². The van der Waals surface area contributed by atoms with Gasteiger partial charge < -0.3 is 10.3 Å². The number of H-pyrrole nitrogens is 1. The normalized spacial score (nSPS) is 17.2. The molecule has 7 heteroatoms. The van der Waals surface area contributed by atoms with E-state index in [-0.39, 0.29) is 23.8 Å². The number of benzene rings is 1. The third-order valence-corrected chi connectivity index (χ3v) is 4.33. The van der Waals surface area contributed by atoms with E-state index in [0.29, 0.717) is 21.6 Å². The molecule has 2 heterocycles. The molecule has 2 aromatic rings. The highest BCUT2D eigenvalue weighted by atomic mass is 35.5. The maximum atomic E-state index is 12.3. The maximum absolute atomic E-state index is 12.3. The summed E-state index contributed by atoms with van der Waals surface area (Å²) >= 11 is 7.53. The molecule has 0 spiro atoms. The molecule has 1 aliphatic heterocycles.